The quantitative estimate of drug-likeness (QED) is 0.697. The minimum absolute atomic E-state index is 0.00642. The first kappa shape index (κ1) is 13.8. The van der Waals surface area contributed by atoms with Crippen molar-refractivity contribution < 1.29 is 0 Å². The molecule has 0 atom stereocenters. The second-order valence-corrected chi connectivity index (χ2v) is 5.87. The Morgan fingerprint density at radius 2 is 2.00 bits per heavy atom. The summed E-state index contributed by atoms with van der Waals surface area (Å²) in [5.74, 6) is 1.37. The van der Waals surface area contributed by atoms with Crippen molar-refractivity contribution in [2.45, 2.75) is 17.7 Å². The van der Waals surface area contributed by atoms with Crippen LogP contribution in [0.5, 0.6) is 0 Å². The third-order valence-electron chi connectivity index (χ3n) is 3.31. The number of nitrogens with zero attached hydrogens (tertiary/aromatic N) is 3. The van der Waals surface area contributed by atoms with Gasteiger partial charge in [-0.25, -0.2) is 9.97 Å². The average molecular weight is 297 g/mol. The monoisotopic (exact) mass is 297 g/mol. The standard InChI is InChI=1S/C16H15N3OS/c1-11-7-8-15(17-9-11)21-10-14-18-13-6-4-3-5-12(13)16(20)19(14)2/h3-9H,10H2,1-2H3. The maximum Gasteiger partial charge on any atom is 0.261 e. The van der Waals surface area contributed by atoms with E-state index in [0.29, 0.717) is 11.1 Å². The summed E-state index contributed by atoms with van der Waals surface area (Å²) >= 11 is 1.58. The van der Waals surface area contributed by atoms with Crippen molar-refractivity contribution in [3.8, 4) is 0 Å². The van der Waals surface area contributed by atoms with Crippen molar-refractivity contribution in [3.05, 3.63) is 64.3 Å². The van der Waals surface area contributed by atoms with E-state index < -0.39 is 0 Å². The molecule has 4 nitrogen and oxygen atoms in total. The van der Waals surface area contributed by atoms with E-state index in [0.717, 1.165) is 21.9 Å². The molecule has 106 valence electrons. The van der Waals surface area contributed by atoms with Crippen LogP contribution in [0.1, 0.15) is 11.4 Å². The molecule has 0 N–H and O–H groups in total. The van der Waals surface area contributed by atoms with Crippen molar-refractivity contribution >= 4 is 22.7 Å². The van der Waals surface area contributed by atoms with Crippen LogP contribution in [-0.4, -0.2) is 14.5 Å². The van der Waals surface area contributed by atoms with Crippen LogP contribution >= 0.6 is 11.8 Å². The van der Waals surface area contributed by atoms with Crippen LogP contribution in [0.25, 0.3) is 10.9 Å². The van der Waals surface area contributed by atoms with Gasteiger partial charge in [-0.1, -0.05) is 30.0 Å². The van der Waals surface area contributed by atoms with E-state index in [1.807, 2.05) is 49.5 Å². The van der Waals surface area contributed by atoms with Gasteiger partial charge in [0.1, 0.15) is 5.82 Å². The van der Waals surface area contributed by atoms with Gasteiger partial charge in [0.25, 0.3) is 5.56 Å². The maximum atomic E-state index is 12.3. The van der Waals surface area contributed by atoms with Gasteiger partial charge >= 0.3 is 0 Å². The molecule has 0 saturated carbocycles. The zero-order valence-corrected chi connectivity index (χ0v) is 12.7. The summed E-state index contributed by atoms with van der Waals surface area (Å²) in [6.45, 7) is 2.01. The highest BCUT2D eigenvalue weighted by molar-refractivity contribution is 7.98. The molecule has 0 bridgehead atoms. The summed E-state index contributed by atoms with van der Waals surface area (Å²) < 4.78 is 1.61. The molecule has 3 aromatic rings. The summed E-state index contributed by atoms with van der Waals surface area (Å²) in [6, 6.07) is 11.4. The van der Waals surface area contributed by atoms with E-state index >= 15 is 0 Å². The molecule has 2 heterocycles. The topological polar surface area (TPSA) is 47.8 Å². The van der Waals surface area contributed by atoms with Crippen LogP contribution in [0.4, 0.5) is 0 Å². The largest absolute Gasteiger partial charge is 0.299 e. The highest BCUT2D eigenvalue weighted by atomic mass is 32.2. The predicted octanol–water partition coefficient (Wildman–Crippen LogP) is 2.93. The van der Waals surface area contributed by atoms with Crippen LogP contribution in [0.3, 0.4) is 0 Å². The highest BCUT2D eigenvalue weighted by Crippen LogP contribution is 2.20. The number of thioether (sulfide) groups is 1. The minimum atomic E-state index is -0.00642. The highest BCUT2D eigenvalue weighted by Gasteiger charge is 2.08. The molecular formula is C16H15N3OS. The molecule has 0 fully saturated rings. The summed E-state index contributed by atoms with van der Waals surface area (Å²) in [7, 11) is 1.76. The Morgan fingerprint density at radius 3 is 2.76 bits per heavy atom. The molecule has 0 amide bonds. The van der Waals surface area contributed by atoms with Crippen LogP contribution in [-0.2, 0) is 12.8 Å². The molecule has 3 rings (SSSR count). The fourth-order valence-corrected chi connectivity index (χ4v) is 2.90. The van der Waals surface area contributed by atoms with E-state index in [2.05, 4.69) is 9.97 Å². The molecule has 1 aromatic carbocycles. The first-order chi connectivity index (χ1) is 10.1. The number of aromatic nitrogens is 3. The maximum absolute atomic E-state index is 12.3. The third kappa shape index (κ3) is 2.83. The van der Waals surface area contributed by atoms with Gasteiger partial charge in [-0.3, -0.25) is 9.36 Å². The second-order valence-electron chi connectivity index (χ2n) is 4.87. The van der Waals surface area contributed by atoms with E-state index in [9.17, 15) is 4.79 Å². The number of hydrogen-bond donors (Lipinski definition) is 0. The van der Waals surface area contributed by atoms with Gasteiger partial charge in [0, 0.05) is 13.2 Å². The van der Waals surface area contributed by atoms with E-state index in [1.54, 1.807) is 23.4 Å². The molecule has 0 aliphatic heterocycles. The smallest absolute Gasteiger partial charge is 0.261 e. The summed E-state index contributed by atoms with van der Waals surface area (Å²) in [5, 5.41) is 1.59. The van der Waals surface area contributed by atoms with Crippen LogP contribution in [0.15, 0.2) is 52.4 Å². The number of para-hydroxylation sites is 1. The molecule has 0 spiro atoms. The van der Waals surface area contributed by atoms with Crippen LogP contribution in [0.2, 0.25) is 0 Å². The van der Waals surface area contributed by atoms with E-state index in [-0.39, 0.29) is 5.56 Å². The van der Waals surface area contributed by atoms with E-state index in [1.165, 1.54) is 0 Å². The van der Waals surface area contributed by atoms with Crippen LogP contribution < -0.4 is 5.56 Å². The normalized spacial score (nSPS) is 11.0. The number of pyridine rings is 1. The second kappa shape index (κ2) is 5.69. The van der Waals surface area contributed by atoms with Crippen molar-refractivity contribution in [2.75, 3.05) is 0 Å². The Kier molecular flexibility index (Phi) is 3.75. The van der Waals surface area contributed by atoms with E-state index in [4.69, 9.17) is 0 Å². The van der Waals surface area contributed by atoms with Gasteiger partial charge in [0.2, 0.25) is 0 Å². The number of aryl methyl sites for hydroxylation is 1. The van der Waals surface area contributed by atoms with Crippen molar-refractivity contribution in [1.29, 1.82) is 0 Å². The van der Waals surface area contributed by atoms with Gasteiger partial charge in [-0.05, 0) is 30.7 Å². The van der Waals surface area contributed by atoms with Gasteiger partial charge in [-0.2, -0.15) is 0 Å². The zero-order chi connectivity index (χ0) is 14.8. The number of rotatable bonds is 3. The predicted molar refractivity (Wildman–Crippen MR) is 85.5 cm³/mol. The first-order valence-corrected chi connectivity index (χ1v) is 7.64. The summed E-state index contributed by atoms with van der Waals surface area (Å²) in [4.78, 5) is 21.2. The Morgan fingerprint density at radius 1 is 1.19 bits per heavy atom. The van der Waals surface area contributed by atoms with Gasteiger partial charge in [-0.15, -0.1) is 0 Å². The molecule has 5 heteroatoms. The van der Waals surface area contributed by atoms with Crippen LogP contribution in [0, 0.1) is 6.92 Å². The molecule has 0 aliphatic rings. The fraction of sp³-hybridized carbons (Fsp3) is 0.188. The van der Waals surface area contributed by atoms with Gasteiger partial charge in [0.15, 0.2) is 0 Å². The molecular weight excluding hydrogens is 282 g/mol. The fourth-order valence-electron chi connectivity index (χ4n) is 2.07. The molecule has 2 aromatic heterocycles. The lowest BCUT2D eigenvalue weighted by molar-refractivity contribution is 0.785. The number of hydrogen-bond acceptors (Lipinski definition) is 4. The van der Waals surface area contributed by atoms with Crippen molar-refractivity contribution in [2.24, 2.45) is 7.05 Å². The Labute approximate surface area is 126 Å². The summed E-state index contributed by atoms with van der Waals surface area (Å²) in [6.07, 6.45) is 1.84. The molecule has 0 radical (unpaired) electrons. The van der Waals surface area contributed by atoms with Gasteiger partial charge < -0.3 is 0 Å². The lowest BCUT2D eigenvalue weighted by atomic mass is 10.2. The average Bonchev–Trinajstić information content (AvgIpc) is 2.51. The number of fused-ring (bicyclic) bond motifs is 1. The molecule has 21 heavy (non-hydrogen) atoms. The molecule has 0 saturated heterocycles. The Bertz CT molecular complexity index is 840. The third-order valence-corrected chi connectivity index (χ3v) is 4.25. The van der Waals surface area contributed by atoms with Crippen molar-refractivity contribution in [1.82, 2.24) is 14.5 Å². The SMILES string of the molecule is Cc1ccc(SCc2nc3ccccc3c(=O)n2C)nc1. The van der Waals surface area contributed by atoms with Crippen molar-refractivity contribution in [3.63, 3.8) is 0 Å². The van der Waals surface area contributed by atoms with Gasteiger partial charge in [0.05, 0.1) is 21.7 Å². The molecule has 0 aliphatic carbocycles. The Balaban J connectivity index is 1.92. The zero-order valence-electron chi connectivity index (χ0n) is 11.9. The lowest BCUT2D eigenvalue weighted by Gasteiger charge is -2.08. The first-order valence-electron chi connectivity index (χ1n) is 6.65. The Hall–Kier alpha value is -2.14. The molecule has 0 unspecified atom stereocenters. The number of benzene rings is 1. The minimum Gasteiger partial charge on any atom is -0.299 e. The summed E-state index contributed by atoms with van der Waals surface area (Å²) in [5.41, 5.74) is 1.87. The lowest BCUT2D eigenvalue weighted by Crippen LogP contribution is -2.21.